The highest BCUT2D eigenvalue weighted by Crippen LogP contribution is 2.23. The summed E-state index contributed by atoms with van der Waals surface area (Å²) in [6.45, 7) is 2.13. The molecule has 0 saturated heterocycles. The van der Waals surface area contributed by atoms with Gasteiger partial charge in [0.1, 0.15) is 12.3 Å². The Kier molecular flexibility index (Phi) is 3.92. The van der Waals surface area contributed by atoms with Crippen molar-refractivity contribution in [2.75, 3.05) is 13.2 Å². The second-order valence-corrected chi connectivity index (χ2v) is 5.80. The molecule has 1 aromatic carbocycles. The zero-order valence-electron chi connectivity index (χ0n) is 13.3. The molecule has 0 spiro atoms. The molecule has 24 heavy (non-hydrogen) atoms. The molecule has 0 aliphatic carbocycles. The quantitative estimate of drug-likeness (QED) is 0.803. The number of fused-ring (bicyclic) bond motifs is 1. The summed E-state index contributed by atoms with van der Waals surface area (Å²) in [6, 6.07) is 14.3. The van der Waals surface area contributed by atoms with Crippen LogP contribution in [0.1, 0.15) is 11.4 Å². The highest BCUT2D eigenvalue weighted by atomic mass is 16.5. The summed E-state index contributed by atoms with van der Waals surface area (Å²) in [6.07, 6.45) is 5.74. The van der Waals surface area contributed by atoms with E-state index in [0.717, 1.165) is 34.7 Å². The highest BCUT2D eigenvalue weighted by Gasteiger charge is 2.15. The van der Waals surface area contributed by atoms with Crippen molar-refractivity contribution in [3.8, 4) is 11.1 Å². The molecule has 122 valence electrons. The van der Waals surface area contributed by atoms with E-state index in [2.05, 4.69) is 38.7 Å². The van der Waals surface area contributed by atoms with Crippen molar-refractivity contribution >= 4 is 5.65 Å². The van der Waals surface area contributed by atoms with E-state index in [1.807, 2.05) is 30.5 Å². The molecule has 4 rings (SSSR count). The number of aliphatic hydroxyl groups excluding tert-OH is 1. The number of hydrogen-bond acceptors (Lipinski definition) is 4. The Morgan fingerprint density at radius 1 is 1.08 bits per heavy atom. The number of ether oxygens (including phenoxy) is 1. The fourth-order valence-corrected chi connectivity index (χ4v) is 3.00. The molecule has 0 bridgehead atoms. The predicted molar refractivity (Wildman–Crippen MR) is 92.1 cm³/mol. The Morgan fingerprint density at radius 3 is 2.71 bits per heavy atom. The normalized spacial score (nSPS) is 14.1. The van der Waals surface area contributed by atoms with Gasteiger partial charge in [-0.2, -0.15) is 0 Å². The van der Waals surface area contributed by atoms with Crippen LogP contribution in [-0.2, 0) is 17.9 Å². The van der Waals surface area contributed by atoms with Crippen LogP contribution in [0.4, 0.5) is 0 Å². The van der Waals surface area contributed by atoms with Gasteiger partial charge < -0.3 is 19.1 Å². The van der Waals surface area contributed by atoms with Crippen LogP contribution in [0.15, 0.2) is 61.1 Å². The third kappa shape index (κ3) is 2.74. The first-order valence-corrected chi connectivity index (χ1v) is 8.03. The molecule has 1 aliphatic rings. The van der Waals surface area contributed by atoms with Gasteiger partial charge in [0.2, 0.25) is 0 Å². The molecular formula is C19H19N3O2. The Bertz CT molecular complexity index is 871. The first-order valence-electron chi connectivity index (χ1n) is 8.03. The number of nitrogens with zero attached hydrogens (tertiary/aromatic N) is 3. The van der Waals surface area contributed by atoms with Crippen LogP contribution in [0.2, 0.25) is 0 Å². The molecule has 0 saturated carbocycles. The van der Waals surface area contributed by atoms with E-state index < -0.39 is 0 Å². The summed E-state index contributed by atoms with van der Waals surface area (Å²) < 4.78 is 7.33. The number of imidazole rings is 1. The minimum absolute atomic E-state index is 0.0638. The number of benzene rings is 1. The molecule has 3 heterocycles. The fourth-order valence-electron chi connectivity index (χ4n) is 3.00. The molecule has 0 radical (unpaired) electrons. The van der Waals surface area contributed by atoms with Crippen LogP contribution < -0.4 is 0 Å². The zero-order valence-corrected chi connectivity index (χ0v) is 13.3. The Balaban J connectivity index is 1.78. The third-order valence-electron chi connectivity index (χ3n) is 4.27. The first-order chi connectivity index (χ1) is 11.8. The monoisotopic (exact) mass is 321 g/mol. The maximum absolute atomic E-state index is 9.70. The zero-order chi connectivity index (χ0) is 16.4. The summed E-state index contributed by atoms with van der Waals surface area (Å²) in [5, 5.41) is 9.70. The van der Waals surface area contributed by atoms with Crippen LogP contribution in [0.25, 0.3) is 16.8 Å². The van der Waals surface area contributed by atoms with Gasteiger partial charge >= 0.3 is 0 Å². The first kappa shape index (κ1) is 14.8. The van der Waals surface area contributed by atoms with Gasteiger partial charge in [0, 0.05) is 12.4 Å². The minimum Gasteiger partial charge on any atom is -0.498 e. The average Bonchev–Trinajstić information content (AvgIpc) is 3.00. The molecule has 5 nitrogen and oxygen atoms in total. The van der Waals surface area contributed by atoms with E-state index in [1.54, 1.807) is 6.26 Å². The SMILES string of the molecule is OCc1nc2ccc(-c3ccccc3)cn2c1CN1C=COCC1. The summed E-state index contributed by atoms with van der Waals surface area (Å²) in [4.78, 5) is 6.73. The van der Waals surface area contributed by atoms with E-state index in [-0.39, 0.29) is 6.61 Å². The van der Waals surface area contributed by atoms with E-state index in [4.69, 9.17) is 4.74 Å². The van der Waals surface area contributed by atoms with Gasteiger partial charge in [-0.15, -0.1) is 0 Å². The Labute approximate surface area is 140 Å². The van der Waals surface area contributed by atoms with Gasteiger partial charge in [0.05, 0.1) is 37.3 Å². The second kappa shape index (κ2) is 6.37. The molecule has 3 aromatic rings. The van der Waals surface area contributed by atoms with Crippen molar-refractivity contribution in [2.45, 2.75) is 13.2 Å². The van der Waals surface area contributed by atoms with Crippen LogP contribution in [0.3, 0.4) is 0 Å². The Morgan fingerprint density at radius 2 is 1.96 bits per heavy atom. The number of pyridine rings is 1. The lowest BCUT2D eigenvalue weighted by molar-refractivity contribution is 0.168. The largest absolute Gasteiger partial charge is 0.498 e. The van der Waals surface area contributed by atoms with Gasteiger partial charge in [0.25, 0.3) is 0 Å². The minimum atomic E-state index is -0.0638. The molecule has 1 N–H and O–H groups in total. The highest BCUT2D eigenvalue weighted by molar-refractivity contribution is 5.65. The molecule has 0 amide bonds. The van der Waals surface area contributed by atoms with Crippen molar-refractivity contribution in [2.24, 2.45) is 0 Å². The number of aromatic nitrogens is 2. The van der Waals surface area contributed by atoms with E-state index >= 15 is 0 Å². The number of hydrogen-bond donors (Lipinski definition) is 1. The number of aliphatic hydroxyl groups is 1. The Hall–Kier alpha value is -2.79. The van der Waals surface area contributed by atoms with Gasteiger partial charge in [-0.3, -0.25) is 0 Å². The van der Waals surface area contributed by atoms with E-state index in [9.17, 15) is 5.11 Å². The van der Waals surface area contributed by atoms with E-state index in [1.165, 1.54) is 0 Å². The molecule has 1 aliphatic heterocycles. The van der Waals surface area contributed by atoms with Crippen LogP contribution in [-0.4, -0.2) is 32.5 Å². The summed E-state index contributed by atoms with van der Waals surface area (Å²) >= 11 is 0. The van der Waals surface area contributed by atoms with Crippen molar-refractivity contribution < 1.29 is 9.84 Å². The topological polar surface area (TPSA) is 50.0 Å². The molecule has 0 fully saturated rings. The number of rotatable bonds is 4. The van der Waals surface area contributed by atoms with Gasteiger partial charge in [0.15, 0.2) is 0 Å². The van der Waals surface area contributed by atoms with Crippen LogP contribution in [0, 0.1) is 0 Å². The fraction of sp³-hybridized carbons (Fsp3) is 0.211. The molecule has 5 heteroatoms. The lowest BCUT2D eigenvalue weighted by Gasteiger charge is -2.23. The van der Waals surface area contributed by atoms with Crippen molar-refractivity contribution in [1.82, 2.24) is 14.3 Å². The van der Waals surface area contributed by atoms with Crippen LogP contribution in [0.5, 0.6) is 0 Å². The smallest absolute Gasteiger partial charge is 0.137 e. The average molecular weight is 321 g/mol. The molecular weight excluding hydrogens is 302 g/mol. The molecule has 2 aromatic heterocycles. The maximum atomic E-state index is 9.70. The van der Waals surface area contributed by atoms with Crippen molar-refractivity contribution in [3.05, 3.63) is 72.5 Å². The summed E-state index contributed by atoms with van der Waals surface area (Å²) in [5.41, 5.74) is 4.88. The predicted octanol–water partition coefficient (Wildman–Crippen LogP) is 2.80. The second-order valence-electron chi connectivity index (χ2n) is 5.80. The standard InChI is InChI=1S/C19H19N3O2/c23-14-17-18(13-21-8-10-24-11-9-21)22-12-16(6-7-19(22)20-17)15-4-2-1-3-5-15/h1-8,10,12,23H,9,11,13-14H2. The lowest BCUT2D eigenvalue weighted by Crippen LogP contribution is -2.25. The van der Waals surface area contributed by atoms with Crippen LogP contribution >= 0.6 is 0 Å². The van der Waals surface area contributed by atoms with Gasteiger partial charge in [-0.05, 0) is 23.3 Å². The van der Waals surface area contributed by atoms with Crippen molar-refractivity contribution in [3.63, 3.8) is 0 Å². The third-order valence-corrected chi connectivity index (χ3v) is 4.27. The molecule has 0 atom stereocenters. The summed E-state index contributed by atoms with van der Waals surface area (Å²) in [7, 11) is 0. The summed E-state index contributed by atoms with van der Waals surface area (Å²) in [5.74, 6) is 0. The van der Waals surface area contributed by atoms with Crippen molar-refractivity contribution in [1.29, 1.82) is 0 Å². The lowest BCUT2D eigenvalue weighted by atomic mass is 10.1. The molecule has 0 unspecified atom stereocenters. The maximum Gasteiger partial charge on any atom is 0.137 e. The van der Waals surface area contributed by atoms with Gasteiger partial charge in [-0.25, -0.2) is 4.98 Å². The van der Waals surface area contributed by atoms with Gasteiger partial charge in [-0.1, -0.05) is 30.3 Å². The van der Waals surface area contributed by atoms with E-state index in [0.29, 0.717) is 13.2 Å².